The molecule has 7 aromatic rings. The predicted octanol–water partition coefficient (Wildman–Crippen LogP) is 6.51. The minimum atomic E-state index is -2.00. The van der Waals surface area contributed by atoms with E-state index in [0.29, 0.717) is 33.8 Å². The Hall–Kier alpha value is -7.45. The van der Waals surface area contributed by atoms with E-state index < -0.39 is 80.0 Å². The maximum atomic E-state index is 15.8. The van der Waals surface area contributed by atoms with Gasteiger partial charge in [0.2, 0.25) is 0 Å². The summed E-state index contributed by atoms with van der Waals surface area (Å²) in [6.07, 6.45) is -15.3. The molecule has 8 N–H and O–H groups in total. The number of hydrogen-bond donors (Lipinski definition) is 8. The Morgan fingerprint density at radius 3 is 1.13 bits per heavy atom. The Morgan fingerprint density at radius 1 is 0.410 bits per heavy atom. The van der Waals surface area contributed by atoms with Gasteiger partial charge < -0.3 is 74.0 Å². The van der Waals surface area contributed by atoms with E-state index in [1.54, 1.807) is 97.1 Å². The van der Waals surface area contributed by atoms with Crippen LogP contribution in [0.15, 0.2) is 176 Å². The van der Waals surface area contributed by atoms with E-state index in [1.165, 1.54) is 12.2 Å². The lowest BCUT2D eigenvalue weighted by molar-refractivity contribution is -0.234. The minimum Gasteiger partial charge on any atom is -0.488 e. The molecule has 0 aliphatic carbocycles. The molecule has 16 heteroatoms. The Balaban J connectivity index is 1.28. The van der Waals surface area contributed by atoms with E-state index in [0.717, 1.165) is 11.1 Å². The van der Waals surface area contributed by atoms with Gasteiger partial charge in [0.25, 0.3) is 0 Å². The van der Waals surface area contributed by atoms with Crippen molar-refractivity contribution >= 4 is 11.9 Å². The third-order valence-electron chi connectivity index (χ3n) is 13.6. The van der Waals surface area contributed by atoms with Crippen LogP contribution in [0, 0.1) is 0 Å². The lowest BCUT2D eigenvalue weighted by Gasteiger charge is -2.43. The van der Waals surface area contributed by atoms with Crippen LogP contribution in [0.3, 0.4) is 0 Å². The lowest BCUT2D eigenvalue weighted by Crippen LogP contribution is -2.56. The monoisotopic (exact) mass is 1060 g/mol. The van der Waals surface area contributed by atoms with Gasteiger partial charge in [-0.1, -0.05) is 164 Å². The van der Waals surface area contributed by atoms with Crippen molar-refractivity contribution in [2.24, 2.45) is 0 Å². The van der Waals surface area contributed by atoms with Crippen LogP contribution in [0.1, 0.15) is 67.1 Å². The lowest BCUT2D eigenvalue weighted by atomic mass is 9.83. The van der Waals surface area contributed by atoms with Gasteiger partial charge in [0, 0.05) is 0 Å². The highest BCUT2D eigenvalue weighted by atomic mass is 16.6. The second kappa shape index (κ2) is 26.3. The number of ketones is 1. The summed E-state index contributed by atoms with van der Waals surface area (Å²) in [7, 11) is 0. The van der Waals surface area contributed by atoms with Crippen molar-refractivity contribution in [2.75, 3.05) is 13.2 Å². The summed E-state index contributed by atoms with van der Waals surface area (Å²) < 4.78 is 45.6. The van der Waals surface area contributed by atoms with Crippen LogP contribution in [0.25, 0.3) is 6.08 Å². The summed E-state index contributed by atoms with van der Waals surface area (Å²) in [5.41, 5.74) is 3.35. The second-order valence-corrected chi connectivity index (χ2v) is 19.0. The van der Waals surface area contributed by atoms with Crippen LogP contribution in [0.4, 0.5) is 0 Å². The number of rotatable bonds is 22. The van der Waals surface area contributed by atoms with E-state index >= 15 is 4.79 Å². The van der Waals surface area contributed by atoms with Crippen LogP contribution in [-0.4, -0.2) is 109 Å². The standard InChI is InChI=1S/C62H62O16/c63-31-47-52(66)54(68)56(70)61(77-47)50-58(74-35-41-20-10-3-11-21-41)49(44(65)28-26-38-27-29-45(72-33-39-16-6-1-7-17-39)46(30-38)73-34-40-18-8-2-9-19-40)59(75-36-42-22-12-4-13-23-42)51(60(50)76-37-43-24-14-5-15-25-43)62-57(71)55(69)53(67)48(32-64)78-62/h1-30,47-48,52-57,61-64,66-71H,31-37H2/b28-26-/t47-,48-,52-,53-,54+,55+,56-,57-,61+,62+/m1/s1. The molecular weight excluding hydrogens is 1000 g/mol. The molecule has 78 heavy (non-hydrogen) atoms. The summed E-state index contributed by atoms with van der Waals surface area (Å²) in [6, 6.07) is 51.1. The highest BCUT2D eigenvalue weighted by Crippen LogP contribution is 2.55. The molecule has 0 bridgehead atoms. The fourth-order valence-electron chi connectivity index (χ4n) is 9.38. The van der Waals surface area contributed by atoms with E-state index in [2.05, 4.69) is 0 Å². The van der Waals surface area contributed by atoms with Gasteiger partial charge >= 0.3 is 0 Å². The van der Waals surface area contributed by atoms with Gasteiger partial charge in [-0.3, -0.25) is 4.79 Å². The topological polar surface area (TPSA) is 244 Å². The average Bonchev–Trinajstić information content (AvgIpc) is 3.57. The van der Waals surface area contributed by atoms with Gasteiger partial charge in [0.1, 0.15) is 117 Å². The molecule has 0 unspecified atom stereocenters. The van der Waals surface area contributed by atoms with E-state index in [9.17, 15) is 40.9 Å². The number of benzene rings is 7. The molecule has 10 atom stereocenters. The van der Waals surface area contributed by atoms with Crippen molar-refractivity contribution in [2.45, 2.75) is 94.1 Å². The van der Waals surface area contributed by atoms with Gasteiger partial charge in [0.15, 0.2) is 17.3 Å². The molecule has 2 heterocycles. The van der Waals surface area contributed by atoms with Gasteiger partial charge in [-0.25, -0.2) is 0 Å². The maximum Gasteiger partial charge on any atom is 0.193 e. The van der Waals surface area contributed by atoms with Gasteiger partial charge in [-0.15, -0.1) is 0 Å². The molecule has 0 saturated carbocycles. The molecule has 0 spiro atoms. The Morgan fingerprint density at radius 2 is 0.756 bits per heavy atom. The highest BCUT2D eigenvalue weighted by molar-refractivity contribution is 6.11. The zero-order valence-corrected chi connectivity index (χ0v) is 42.4. The smallest absolute Gasteiger partial charge is 0.193 e. The van der Waals surface area contributed by atoms with Crippen LogP contribution in [-0.2, 0) is 42.5 Å². The summed E-state index contributed by atoms with van der Waals surface area (Å²) in [6.45, 7) is -1.91. The number of ether oxygens (including phenoxy) is 7. The molecule has 16 nitrogen and oxygen atoms in total. The largest absolute Gasteiger partial charge is 0.488 e. The van der Waals surface area contributed by atoms with E-state index in [4.69, 9.17) is 33.2 Å². The quantitative estimate of drug-likeness (QED) is 0.0267. The van der Waals surface area contributed by atoms with Crippen molar-refractivity contribution in [1.82, 2.24) is 0 Å². The number of aliphatic hydroxyl groups is 8. The Labute approximate surface area is 451 Å². The first-order valence-corrected chi connectivity index (χ1v) is 25.6. The summed E-state index contributed by atoms with van der Waals surface area (Å²) >= 11 is 0. The molecule has 7 aromatic carbocycles. The first-order valence-electron chi connectivity index (χ1n) is 25.6. The van der Waals surface area contributed by atoms with Gasteiger partial charge in [-0.05, 0) is 51.6 Å². The molecule has 406 valence electrons. The minimum absolute atomic E-state index is 0.193. The third-order valence-corrected chi connectivity index (χ3v) is 13.6. The number of carbonyl (C=O) groups is 1. The van der Waals surface area contributed by atoms with Crippen LogP contribution >= 0.6 is 0 Å². The molecule has 2 saturated heterocycles. The average molecular weight is 1060 g/mol. The number of hydrogen-bond acceptors (Lipinski definition) is 16. The maximum absolute atomic E-state index is 15.8. The van der Waals surface area contributed by atoms with Crippen molar-refractivity contribution in [3.05, 3.63) is 226 Å². The van der Waals surface area contributed by atoms with Crippen molar-refractivity contribution in [3.8, 4) is 28.7 Å². The number of carbonyl (C=O) groups excluding carboxylic acids is 1. The highest BCUT2D eigenvalue weighted by Gasteiger charge is 2.51. The van der Waals surface area contributed by atoms with Crippen molar-refractivity contribution < 1.29 is 78.8 Å². The molecule has 2 aliphatic rings. The van der Waals surface area contributed by atoms with Crippen molar-refractivity contribution in [3.63, 3.8) is 0 Å². The Bertz CT molecular complexity index is 2950. The molecule has 9 rings (SSSR count). The first-order chi connectivity index (χ1) is 38.0. The van der Waals surface area contributed by atoms with Crippen LogP contribution in [0.5, 0.6) is 28.7 Å². The summed E-state index contributed by atoms with van der Waals surface area (Å²) in [5, 5.41) is 90.5. The second-order valence-electron chi connectivity index (χ2n) is 19.0. The van der Waals surface area contributed by atoms with E-state index in [-0.39, 0.29) is 67.0 Å². The fraction of sp³-hybridized carbons (Fsp3) is 0.274. The summed E-state index contributed by atoms with van der Waals surface area (Å²) in [4.78, 5) is 15.8. The number of allylic oxidation sites excluding steroid dienone is 1. The zero-order valence-electron chi connectivity index (χ0n) is 42.4. The van der Waals surface area contributed by atoms with Crippen molar-refractivity contribution in [1.29, 1.82) is 0 Å². The summed E-state index contributed by atoms with van der Waals surface area (Å²) in [5.74, 6) is -0.861. The first kappa shape index (κ1) is 55.3. The normalized spacial score (nSPS) is 23.1. The van der Waals surface area contributed by atoms with Crippen LogP contribution in [0.2, 0.25) is 0 Å². The Kier molecular flexibility index (Phi) is 18.6. The SMILES string of the molecule is O=C(/C=C\c1ccc(OCc2ccccc2)c(OCc2ccccc2)c1)c1c(OCc2ccccc2)c([C@@H]2O[C@H](CO)[C@@H](O)[C@H](O)[C@H]2O)c(OCc2ccccc2)c([C@@H]2O[C@H](CO)[C@@H](O)[C@H](O)[C@H]2O)c1OCc1ccccc1. The van der Waals surface area contributed by atoms with Crippen LogP contribution < -0.4 is 23.7 Å². The third kappa shape index (κ3) is 12.9. The molecule has 2 aliphatic heterocycles. The zero-order chi connectivity index (χ0) is 54.5. The van der Waals surface area contributed by atoms with Gasteiger partial charge in [-0.2, -0.15) is 0 Å². The molecule has 0 amide bonds. The van der Waals surface area contributed by atoms with E-state index in [1.807, 2.05) is 72.8 Å². The molecule has 0 radical (unpaired) electrons. The molecule has 2 fully saturated rings. The fourth-order valence-corrected chi connectivity index (χ4v) is 9.38. The molecule has 0 aromatic heterocycles. The predicted molar refractivity (Wildman–Crippen MR) is 286 cm³/mol. The number of aliphatic hydroxyl groups excluding tert-OH is 8. The van der Waals surface area contributed by atoms with Gasteiger partial charge in [0.05, 0.1) is 24.3 Å². The molecular formula is C62H62O16.